The molecule has 0 heterocycles. The van der Waals surface area contributed by atoms with Gasteiger partial charge in [-0.3, -0.25) is 9.59 Å². The molecule has 0 aromatic heterocycles. The smallest absolute Gasteiger partial charge is 1.00 e. The number of carbonyl (C=O) groups is 2. The van der Waals surface area contributed by atoms with Crippen LogP contribution < -0.4 is 48.4 Å². The monoisotopic (exact) mass is 234 g/mol. The predicted molar refractivity (Wildman–Crippen MR) is 54.3 cm³/mol. The number of carboxylic acid groups (broad SMARTS) is 2. The van der Waals surface area contributed by atoms with Gasteiger partial charge < -0.3 is 13.1 Å². The van der Waals surface area contributed by atoms with E-state index >= 15 is 0 Å². The summed E-state index contributed by atoms with van der Waals surface area (Å²) in [6.07, 6.45) is 1.62. The van der Waals surface area contributed by atoms with Crippen LogP contribution in [0, 0.1) is 11.3 Å². The van der Waals surface area contributed by atoms with Crippen LogP contribution in [0.1, 0.15) is 42.9 Å². The van der Waals surface area contributed by atoms with Gasteiger partial charge in [-0.1, -0.05) is 33.6 Å². The molecule has 0 unspecified atom stereocenters. The van der Waals surface area contributed by atoms with Crippen LogP contribution in [-0.2, 0) is 9.59 Å². The fraction of sp³-hybridized carbons (Fsp3) is 0.800. The zero-order valence-electron chi connectivity index (χ0n) is 12.9. The molecule has 0 amide bonds. The molecule has 0 radical (unpaired) electrons. The molecule has 0 aliphatic heterocycles. The van der Waals surface area contributed by atoms with E-state index in [-0.39, 0.29) is 57.7 Å². The van der Waals surface area contributed by atoms with E-state index in [1.807, 2.05) is 6.92 Å². The summed E-state index contributed by atoms with van der Waals surface area (Å²) in [4.78, 5) is 22.1. The summed E-state index contributed by atoms with van der Waals surface area (Å²) < 4.78 is 0. The van der Waals surface area contributed by atoms with E-state index < -0.39 is 23.3 Å². The fourth-order valence-corrected chi connectivity index (χ4v) is 1.54. The molecule has 0 rings (SSSR count). The van der Waals surface area contributed by atoms with E-state index in [0.717, 1.165) is 6.42 Å². The summed E-state index contributed by atoms with van der Waals surface area (Å²) in [5.74, 6) is -2.86. The molecule has 0 fully saturated rings. The van der Waals surface area contributed by atoms with Crippen molar-refractivity contribution in [2.45, 2.75) is 40.0 Å². The molecule has 16 heavy (non-hydrogen) atoms. The Balaban J connectivity index is -0.000000141. The van der Waals surface area contributed by atoms with Gasteiger partial charge in [0.2, 0.25) is 0 Å². The molecule has 0 atom stereocenters. The van der Waals surface area contributed by atoms with Crippen LogP contribution in [0.3, 0.4) is 0 Å². The van der Waals surface area contributed by atoms with Crippen molar-refractivity contribution in [3.8, 4) is 0 Å². The third kappa shape index (κ3) is 4.81. The van der Waals surface area contributed by atoms with Crippen LogP contribution in [0.15, 0.2) is 0 Å². The normalized spacial score (nSPS) is 10.2. The van der Waals surface area contributed by atoms with Crippen molar-refractivity contribution in [3.05, 3.63) is 0 Å². The van der Waals surface area contributed by atoms with E-state index in [2.05, 4.69) is 0 Å². The van der Waals surface area contributed by atoms with Crippen LogP contribution in [0.25, 0.3) is 0 Å². The Bertz CT molecular complexity index is 226. The quantitative estimate of drug-likeness (QED) is 0.365. The average molecular weight is 234 g/mol. The van der Waals surface area contributed by atoms with Gasteiger partial charge in [-0.25, -0.2) is 0 Å². The average Bonchev–Trinajstić information content (AvgIpc) is 2.03. The van der Waals surface area contributed by atoms with Crippen LogP contribution in [0.5, 0.6) is 0 Å². The van der Waals surface area contributed by atoms with Gasteiger partial charge in [0, 0.05) is 0 Å². The second-order valence-electron chi connectivity index (χ2n) is 3.84. The van der Waals surface area contributed by atoms with Crippen molar-refractivity contribution in [2.24, 2.45) is 11.3 Å². The van der Waals surface area contributed by atoms with Gasteiger partial charge in [-0.15, -0.1) is 0 Å². The molecule has 0 aliphatic carbocycles. The topological polar surface area (TPSA) is 74.6 Å². The van der Waals surface area contributed by atoms with Crippen LogP contribution in [-0.4, -0.2) is 22.2 Å². The van der Waals surface area contributed by atoms with E-state index in [1.165, 1.54) is 0 Å². The Hall–Kier alpha value is 0.537. The van der Waals surface area contributed by atoms with Crippen molar-refractivity contribution in [3.63, 3.8) is 0 Å². The van der Waals surface area contributed by atoms with Crippen molar-refractivity contribution in [1.29, 1.82) is 0 Å². The summed E-state index contributed by atoms with van der Waals surface area (Å²) in [6.45, 7) is 5.19. The molecule has 2 N–H and O–H groups in total. The summed E-state index contributed by atoms with van der Waals surface area (Å²) in [5.41, 5.74) is -1.62. The first-order valence-electron chi connectivity index (χ1n) is 4.86. The minimum absolute atomic E-state index is 0. The third-order valence-corrected chi connectivity index (χ3v) is 2.67. The van der Waals surface area contributed by atoms with E-state index in [1.54, 1.807) is 13.8 Å². The van der Waals surface area contributed by atoms with E-state index in [9.17, 15) is 9.59 Å². The first-order valence-corrected chi connectivity index (χ1v) is 4.86. The number of hydrogen-bond donors (Lipinski definition) is 2. The Morgan fingerprint density at radius 2 is 1.62 bits per heavy atom. The molecular formula is C10H20LiNaO4. The Kier molecular flexibility index (Phi) is 13.0. The molecular weight excluding hydrogens is 214 g/mol. The predicted octanol–water partition coefficient (Wildman–Crippen LogP) is -3.78. The second-order valence-corrected chi connectivity index (χ2v) is 3.84. The number of unbranched alkanes of at least 4 members (excludes halogenated alkanes) is 1. The maximum Gasteiger partial charge on any atom is 1.00 e. The maximum absolute atomic E-state index is 11.0. The maximum atomic E-state index is 11.0. The largest absolute Gasteiger partial charge is 1.00 e. The van der Waals surface area contributed by atoms with Crippen molar-refractivity contribution < 1.29 is 71.1 Å². The van der Waals surface area contributed by atoms with Gasteiger partial charge in [-0.05, 0) is 12.3 Å². The number of hydrogen-bond acceptors (Lipinski definition) is 2. The van der Waals surface area contributed by atoms with Gasteiger partial charge >= 0.3 is 60.4 Å². The van der Waals surface area contributed by atoms with Crippen molar-refractivity contribution >= 4 is 11.9 Å². The second kappa shape index (κ2) is 9.56. The zero-order chi connectivity index (χ0) is 11.4. The standard InChI is InChI=1S/C10H18O4.Li.Na.2H/c1-4-5-6-10(7(2)3,8(11)12)9(13)14;;;;/h7H,4-6H2,1-3H3,(H,11,12)(H,13,14);;;;/q;2*+1;2*-1. The molecule has 4 nitrogen and oxygen atoms in total. The molecule has 0 saturated carbocycles. The van der Waals surface area contributed by atoms with Gasteiger partial charge in [0.05, 0.1) is 0 Å². The van der Waals surface area contributed by atoms with Crippen molar-refractivity contribution in [1.82, 2.24) is 0 Å². The fourth-order valence-electron chi connectivity index (χ4n) is 1.54. The number of rotatable bonds is 6. The summed E-state index contributed by atoms with van der Waals surface area (Å²) in [5, 5.41) is 18.0. The number of carboxylic acids is 2. The molecule has 0 spiro atoms. The first-order chi connectivity index (χ1) is 6.39. The van der Waals surface area contributed by atoms with Gasteiger partial charge in [0.25, 0.3) is 0 Å². The molecule has 0 aromatic rings. The Morgan fingerprint density at radius 3 is 1.81 bits per heavy atom. The molecule has 86 valence electrons. The molecule has 0 aliphatic rings. The van der Waals surface area contributed by atoms with Gasteiger partial charge in [0.1, 0.15) is 0 Å². The summed E-state index contributed by atoms with van der Waals surface area (Å²) in [6, 6.07) is 0. The van der Waals surface area contributed by atoms with E-state index in [0.29, 0.717) is 6.42 Å². The minimum atomic E-state index is -1.62. The summed E-state index contributed by atoms with van der Waals surface area (Å²) in [7, 11) is 0. The van der Waals surface area contributed by atoms with Crippen LogP contribution in [0.2, 0.25) is 0 Å². The van der Waals surface area contributed by atoms with Gasteiger partial charge in [0.15, 0.2) is 5.41 Å². The van der Waals surface area contributed by atoms with E-state index in [4.69, 9.17) is 10.2 Å². The third-order valence-electron chi connectivity index (χ3n) is 2.67. The molecule has 0 saturated heterocycles. The molecule has 0 aromatic carbocycles. The zero-order valence-corrected chi connectivity index (χ0v) is 12.9. The van der Waals surface area contributed by atoms with Crippen LogP contribution >= 0.6 is 0 Å². The SMILES string of the molecule is CCCCC(C(=O)O)(C(=O)O)C(C)C.[H-].[H-].[Li+].[Na+]. The Morgan fingerprint density at radius 1 is 1.25 bits per heavy atom. The minimum Gasteiger partial charge on any atom is -1.00 e. The van der Waals surface area contributed by atoms with Crippen molar-refractivity contribution in [2.75, 3.05) is 0 Å². The Labute approximate surface area is 134 Å². The molecule has 0 bridgehead atoms. The van der Waals surface area contributed by atoms with Gasteiger partial charge in [-0.2, -0.15) is 0 Å². The summed E-state index contributed by atoms with van der Waals surface area (Å²) >= 11 is 0. The molecule has 6 heteroatoms. The van der Waals surface area contributed by atoms with Crippen LogP contribution in [0.4, 0.5) is 0 Å². The number of aliphatic carboxylic acids is 2. The first kappa shape index (κ1) is 21.8.